The number of hydrogen-bond donors (Lipinski definition) is 2. The molecule has 0 saturated heterocycles. The summed E-state index contributed by atoms with van der Waals surface area (Å²) in [4.78, 5) is 0. The van der Waals surface area contributed by atoms with Crippen LogP contribution in [0.5, 0.6) is 0 Å². The summed E-state index contributed by atoms with van der Waals surface area (Å²) in [5, 5.41) is 16.3. The molecule has 0 amide bonds. The van der Waals surface area contributed by atoms with Crippen LogP contribution in [0.2, 0.25) is 0 Å². The first-order valence-electron chi connectivity index (χ1n) is 18.5. The molecule has 8 aromatic rings. The average Bonchev–Trinajstić information content (AvgIpc) is 3.64. The lowest BCUT2D eigenvalue weighted by Gasteiger charge is -2.19. The summed E-state index contributed by atoms with van der Waals surface area (Å²) in [5.41, 5.74) is 11.8. The molecule has 1 aromatic heterocycles. The van der Waals surface area contributed by atoms with E-state index in [9.17, 15) is 0 Å². The van der Waals surface area contributed by atoms with Gasteiger partial charge < -0.3 is 15.1 Å². The number of nitrogens with one attached hydrogen (secondary N) is 2. The lowest BCUT2D eigenvalue weighted by molar-refractivity contribution is 0.674. The molecule has 3 nitrogen and oxygen atoms in total. The molecule has 1 aliphatic carbocycles. The average molecular weight is 701 g/mol. The second-order valence-corrected chi connectivity index (χ2v) is 13.2. The Morgan fingerprint density at radius 3 is 2.04 bits per heavy atom. The predicted octanol–water partition coefficient (Wildman–Crippen LogP) is 14.5. The van der Waals surface area contributed by atoms with Gasteiger partial charge in [-0.3, -0.25) is 0 Å². The zero-order valence-electron chi connectivity index (χ0n) is 30.9. The van der Waals surface area contributed by atoms with Crippen LogP contribution in [0.3, 0.4) is 0 Å². The van der Waals surface area contributed by atoms with E-state index >= 15 is 0 Å². The number of allylic oxidation sites excluding steroid dienone is 6. The molecule has 7 aromatic carbocycles. The number of anilines is 1. The van der Waals surface area contributed by atoms with Gasteiger partial charge in [-0.1, -0.05) is 169 Å². The molecule has 0 atom stereocenters. The molecule has 1 aliphatic rings. The first-order valence-corrected chi connectivity index (χ1v) is 18.5. The van der Waals surface area contributed by atoms with Crippen LogP contribution in [0.25, 0.3) is 71.8 Å². The number of aryl methyl sites for hydroxylation is 2. The van der Waals surface area contributed by atoms with Crippen LogP contribution >= 0.6 is 0 Å². The molecular weight excluding hydrogens is 657 g/mol. The molecule has 0 unspecified atom stereocenters. The van der Waals surface area contributed by atoms with Gasteiger partial charge in [0.05, 0.1) is 11.1 Å². The van der Waals surface area contributed by atoms with Crippen molar-refractivity contribution < 1.29 is 4.42 Å². The van der Waals surface area contributed by atoms with Crippen molar-refractivity contribution in [2.75, 3.05) is 5.32 Å². The van der Waals surface area contributed by atoms with Gasteiger partial charge in [-0.05, 0) is 89.5 Å². The van der Waals surface area contributed by atoms with Crippen molar-refractivity contribution in [2.45, 2.75) is 26.7 Å². The van der Waals surface area contributed by atoms with Gasteiger partial charge in [0.2, 0.25) is 0 Å². The van der Waals surface area contributed by atoms with Crippen molar-refractivity contribution in [3.63, 3.8) is 0 Å². The van der Waals surface area contributed by atoms with Gasteiger partial charge in [-0.2, -0.15) is 0 Å². The summed E-state index contributed by atoms with van der Waals surface area (Å²) in [6.45, 7) is 6.64. The van der Waals surface area contributed by atoms with Crippen molar-refractivity contribution in [2.24, 2.45) is 0 Å². The Balaban J connectivity index is 0.000000252. The summed E-state index contributed by atoms with van der Waals surface area (Å²) in [7, 11) is 0. The van der Waals surface area contributed by atoms with E-state index in [2.05, 4.69) is 159 Å². The van der Waals surface area contributed by atoms with Crippen molar-refractivity contribution in [1.29, 1.82) is 5.41 Å². The lowest BCUT2D eigenvalue weighted by atomic mass is 9.86. The minimum absolute atomic E-state index is 0.920. The Kier molecular flexibility index (Phi) is 11.1. The second-order valence-electron chi connectivity index (χ2n) is 13.2. The highest BCUT2D eigenvalue weighted by Gasteiger charge is 2.22. The van der Waals surface area contributed by atoms with Crippen molar-refractivity contribution in [3.8, 4) is 22.3 Å². The van der Waals surface area contributed by atoms with E-state index in [-0.39, 0.29) is 0 Å². The molecule has 0 bridgehead atoms. The van der Waals surface area contributed by atoms with Gasteiger partial charge >= 0.3 is 0 Å². The van der Waals surface area contributed by atoms with Crippen LogP contribution in [0.1, 0.15) is 30.0 Å². The van der Waals surface area contributed by atoms with Crippen LogP contribution in [-0.2, 0) is 6.42 Å². The highest BCUT2D eigenvalue weighted by molar-refractivity contribution is 6.29. The molecule has 0 radical (unpaired) electrons. The Bertz CT molecular complexity index is 2680. The Labute approximate surface area is 317 Å². The standard InChI is InChI=1S/C37H29NO.C13H12.CH3N/c1-2-3-4-5-13-23-38-33-24-32-29-19-10-9-17-27(29)28-18-11-12-20-30(28)34(32)37-35(33)31-22-14-21-26(36(31)39-37)25-15-7-6-8-16-25;1-11-6-5-9-13(10-11)12-7-3-2-4-8-12;1-2/h2-8,10-16,18-24,38H,9,17H2,1H3;2-10H,1H3;2H,1H2/b3-2+,5-4-,23-13-;;. The normalized spacial score (nSPS) is 12.3. The maximum atomic E-state index is 6.94. The minimum Gasteiger partial charge on any atom is -0.455 e. The SMILES string of the molecule is C/C=C/C=C\C=C/Nc1cc2c3c(c4ccccc4c2c2oc4c(-c5ccccc5)cccc4c12)CCC=C3.C=N.Cc1cccc(-c2ccccc2)c1. The third-order valence-corrected chi connectivity index (χ3v) is 9.82. The number of furan rings is 1. The topological polar surface area (TPSA) is 49.0 Å². The number of rotatable bonds is 6. The quantitative estimate of drug-likeness (QED) is 0.103. The molecule has 9 rings (SSSR count). The highest BCUT2D eigenvalue weighted by Crippen LogP contribution is 2.47. The molecule has 0 aliphatic heterocycles. The van der Waals surface area contributed by atoms with E-state index in [4.69, 9.17) is 9.83 Å². The number of para-hydroxylation sites is 1. The van der Waals surface area contributed by atoms with Crippen LogP contribution in [0.15, 0.2) is 181 Å². The van der Waals surface area contributed by atoms with Crippen molar-refractivity contribution in [1.82, 2.24) is 0 Å². The second kappa shape index (κ2) is 16.8. The van der Waals surface area contributed by atoms with E-state index in [1.807, 2.05) is 49.6 Å². The fraction of sp³-hybridized carbons (Fsp3) is 0.0784. The van der Waals surface area contributed by atoms with Gasteiger partial charge in [0.25, 0.3) is 0 Å². The minimum atomic E-state index is 0.920. The summed E-state index contributed by atoms with van der Waals surface area (Å²) in [6.07, 6.45) is 18.9. The van der Waals surface area contributed by atoms with E-state index in [1.54, 1.807) is 0 Å². The fourth-order valence-corrected chi connectivity index (χ4v) is 7.46. The number of hydrogen-bond acceptors (Lipinski definition) is 3. The van der Waals surface area contributed by atoms with E-state index < -0.39 is 0 Å². The highest BCUT2D eigenvalue weighted by atomic mass is 16.3. The van der Waals surface area contributed by atoms with E-state index in [0.717, 1.165) is 51.6 Å². The zero-order valence-corrected chi connectivity index (χ0v) is 30.9. The largest absolute Gasteiger partial charge is 0.455 e. The molecule has 2 N–H and O–H groups in total. The third-order valence-electron chi connectivity index (χ3n) is 9.82. The number of fused-ring (bicyclic) bond motifs is 10. The molecule has 1 heterocycles. The van der Waals surface area contributed by atoms with Crippen LogP contribution in [-0.4, -0.2) is 6.72 Å². The van der Waals surface area contributed by atoms with Gasteiger partial charge in [0, 0.05) is 22.5 Å². The molecule has 0 saturated carbocycles. The maximum absolute atomic E-state index is 6.94. The lowest BCUT2D eigenvalue weighted by Crippen LogP contribution is -1.99. The first kappa shape index (κ1) is 35.7. The van der Waals surface area contributed by atoms with Gasteiger partial charge in [0.1, 0.15) is 11.2 Å². The molecular formula is C51H44N2O. The molecule has 54 heavy (non-hydrogen) atoms. The smallest absolute Gasteiger partial charge is 0.146 e. The van der Waals surface area contributed by atoms with E-state index in [0.29, 0.717) is 0 Å². The monoisotopic (exact) mass is 700 g/mol. The van der Waals surface area contributed by atoms with Gasteiger partial charge in [-0.15, -0.1) is 0 Å². The van der Waals surface area contributed by atoms with Crippen LogP contribution in [0, 0.1) is 12.3 Å². The summed E-state index contributed by atoms with van der Waals surface area (Å²) < 4.78 is 6.94. The van der Waals surface area contributed by atoms with Crippen LogP contribution in [0.4, 0.5) is 5.69 Å². The molecule has 0 spiro atoms. The first-order chi connectivity index (χ1) is 26.7. The molecule has 3 heteroatoms. The number of benzene rings is 7. The molecule has 264 valence electrons. The maximum Gasteiger partial charge on any atom is 0.146 e. The Hall–Kier alpha value is -6.71. The van der Waals surface area contributed by atoms with Crippen molar-refractivity contribution in [3.05, 3.63) is 193 Å². The van der Waals surface area contributed by atoms with Gasteiger partial charge in [0.15, 0.2) is 0 Å². The third kappa shape index (κ3) is 7.17. The zero-order chi connectivity index (χ0) is 37.3. The molecule has 0 fully saturated rings. The summed E-state index contributed by atoms with van der Waals surface area (Å²) >= 11 is 0. The van der Waals surface area contributed by atoms with Gasteiger partial charge in [-0.25, -0.2) is 0 Å². The Morgan fingerprint density at radius 2 is 1.28 bits per heavy atom. The van der Waals surface area contributed by atoms with Crippen LogP contribution < -0.4 is 5.32 Å². The van der Waals surface area contributed by atoms with Crippen molar-refractivity contribution >= 4 is 62.0 Å². The van der Waals surface area contributed by atoms with E-state index in [1.165, 1.54) is 49.4 Å². The predicted molar refractivity (Wildman–Crippen MR) is 235 cm³/mol. The fourth-order valence-electron chi connectivity index (χ4n) is 7.46. The summed E-state index contributed by atoms with van der Waals surface area (Å²) in [5.74, 6) is 0. The Morgan fingerprint density at radius 1 is 0.611 bits per heavy atom. The summed E-state index contributed by atoms with van der Waals surface area (Å²) in [6, 6.07) is 47.1.